The van der Waals surface area contributed by atoms with E-state index in [0.29, 0.717) is 35.9 Å². The fourth-order valence-corrected chi connectivity index (χ4v) is 6.17. The molecule has 0 saturated carbocycles. The summed E-state index contributed by atoms with van der Waals surface area (Å²) in [5.74, 6) is 1.85. The lowest BCUT2D eigenvalue weighted by molar-refractivity contribution is 0.587. The molecule has 6 aromatic rings. The summed E-state index contributed by atoms with van der Waals surface area (Å²) in [6.07, 6.45) is 1.84. The third-order valence-corrected chi connectivity index (χ3v) is 10.3. The largest absolute Gasteiger partial charge is 0.310 e. The predicted molar refractivity (Wildman–Crippen MR) is 274 cm³/mol. The fraction of sp³-hybridized carbons (Fsp3) is 0.444. The molecule has 7 heteroatoms. The van der Waals surface area contributed by atoms with Crippen molar-refractivity contribution in [3.05, 3.63) is 176 Å². The Hall–Kier alpha value is -3.98. The highest BCUT2D eigenvalue weighted by Gasteiger charge is 1.99. The summed E-state index contributed by atoms with van der Waals surface area (Å²) in [6.45, 7) is 33.1. The van der Waals surface area contributed by atoms with Crippen LogP contribution in [-0.4, -0.2) is 28.1 Å². The molecule has 336 valence electrons. The molecule has 0 aliphatic carbocycles. The van der Waals surface area contributed by atoms with Gasteiger partial charge in [0.25, 0.3) is 0 Å². The van der Waals surface area contributed by atoms with Crippen LogP contribution in [0.3, 0.4) is 0 Å². The molecule has 0 unspecified atom stereocenters. The second kappa shape index (κ2) is 34.6. The minimum atomic E-state index is 0. The van der Waals surface area contributed by atoms with Crippen LogP contribution in [0.25, 0.3) is 0 Å². The zero-order chi connectivity index (χ0) is 44.7. The molecule has 61 heavy (non-hydrogen) atoms. The van der Waals surface area contributed by atoms with Gasteiger partial charge in [0.05, 0.1) is 0 Å². The van der Waals surface area contributed by atoms with Crippen molar-refractivity contribution in [1.29, 1.82) is 0 Å². The summed E-state index contributed by atoms with van der Waals surface area (Å²) in [5.41, 5.74) is 7.81. The van der Waals surface area contributed by atoms with E-state index < -0.39 is 0 Å². The van der Waals surface area contributed by atoms with Crippen molar-refractivity contribution in [3.63, 3.8) is 0 Å². The maximum atomic E-state index is 4.37. The molecular formula is C54H83N5S2. The Balaban J connectivity index is 0.000000706. The van der Waals surface area contributed by atoms with E-state index in [-0.39, 0.29) is 7.43 Å². The van der Waals surface area contributed by atoms with Crippen LogP contribution in [0.1, 0.15) is 152 Å². The second-order valence-electron chi connectivity index (χ2n) is 16.6. The molecule has 3 N–H and O–H groups in total. The van der Waals surface area contributed by atoms with Crippen LogP contribution < -0.4 is 16.0 Å². The molecule has 0 bridgehead atoms. The molecule has 0 aliphatic heterocycles. The van der Waals surface area contributed by atoms with E-state index in [2.05, 4.69) is 218 Å². The lowest BCUT2D eigenvalue weighted by atomic mass is 10.0. The van der Waals surface area contributed by atoms with E-state index in [1.165, 1.54) is 32.8 Å². The van der Waals surface area contributed by atoms with Crippen molar-refractivity contribution in [1.82, 2.24) is 25.9 Å². The summed E-state index contributed by atoms with van der Waals surface area (Å²) < 4.78 is 0. The number of rotatable bonds is 12. The highest BCUT2D eigenvalue weighted by Crippen LogP contribution is 2.14. The van der Waals surface area contributed by atoms with E-state index in [1.54, 1.807) is 22.7 Å². The summed E-state index contributed by atoms with van der Waals surface area (Å²) >= 11 is 3.49. The van der Waals surface area contributed by atoms with Gasteiger partial charge in [0, 0.05) is 65.6 Å². The average Bonchev–Trinajstić information content (AvgIpc) is 3.96. The van der Waals surface area contributed by atoms with Gasteiger partial charge in [-0.05, 0) is 71.9 Å². The highest BCUT2D eigenvalue weighted by molar-refractivity contribution is 7.10. The second-order valence-corrected chi connectivity index (χ2v) is 18.6. The number of hydrogen-bond donors (Lipinski definition) is 3. The van der Waals surface area contributed by atoms with Crippen LogP contribution >= 0.6 is 22.7 Å². The highest BCUT2D eigenvalue weighted by atomic mass is 32.1. The van der Waals surface area contributed by atoms with Crippen molar-refractivity contribution in [2.75, 3.05) is 0 Å². The Morgan fingerprint density at radius 1 is 0.475 bits per heavy atom. The molecule has 0 saturated heterocycles. The molecule has 3 aromatic heterocycles. The van der Waals surface area contributed by atoms with Gasteiger partial charge in [0.2, 0.25) is 0 Å². The number of pyridine rings is 1. The zero-order valence-corrected chi connectivity index (χ0v) is 41.1. The minimum Gasteiger partial charge on any atom is -0.310 e. The fourth-order valence-electron chi connectivity index (χ4n) is 4.94. The standard InChI is InChI=1S/C10H15N.C10H14.C9H13N.C9H12.C8H13NS.C7H12N2S.CH4/c1-9(2)11-8-10-6-4-3-5-7-10;1-8(2)10-6-4-9(3)5-7-10;1-7(2)9-6-4-5-8(3)10-9;1-8(2)9-6-4-3-5-7-9;1-7(2)9-6-8-4-3-5-10-8;1-6(2)9-5-7-8-3-4-10-7;/h3-7,9,11H,8H2,1-2H3;4-8H,1-3H3;4-7H,1-3H3;3-8H,1-2H3;3-5,7,9H,6H2,1-2H3;3-4,6,9H,5H2,1-2H3;1H4. The third-order valence-electron chi connectivity index (χ3n) is 8.68. The monoisotopic (exact) mass is 866 g/mol. The number of aryl methyl sites for hydroxylation is 2. The number of nitrogens with zero attached hydrogens (tertiary/aromatic N) is 2. The van der Waals surface area contributed by atoms with Crippen LogP contribution in [0.15, 0.2) is 132 Å². The summed E-state index contributed by atoms with van der Waals surface area (Å²) in [4.78, 5) is 9.93. The van der Waals surface area contributed by atoms with Crippen LogP contribution in [0.2, 0.25) is 0 Å². The van der Waals surface area contributed by atoms with Gasteiger partial charge in [-0.25, -0.2) is 4.98 Å². The first kappa shape index (κ1) is 57.0. The molecule has 0 radical (unpaired) electrons. The van der Waals surface area contributed by atoms with Crippen molar-refractivity contribution in [2.24, 2.45) is 0 Å². The molecular weight excluding hydrogens is 783 g/mol. The first-order chi connectivity index (χ1) is 28.6. The molecule has 0 spiro atoms. The molecule has 3 heterocycles. The predicted octanol–water partition coefficient (Wildman–Crippen LogP) is 15.1. The number of benzene rings is 3. The number of hydrogen-bond acceptors (Lipinski definition) is 7. The Labute approximate surface area is 382 Å². The maximum Gasteiger partial charge on any atom is 0.106 e. The molecule has 0 fully saturated rings. The number of aromatic nitrogens is 2. The van der Waals surface area contributed by atoms with Crippen molar-refractivity contribution >= 4 is 22.7 Å². The van der Waals surface area contributed by atoms with Gasteiger partial charge in [0.15, 0.2) is 0 Å². The van der Waals surface area contributed by atoms with Crippen LogP contribution in [0, 0.1) is 13.8 Å². The maximum absolute atomic E-state index is 4.37. The molecule has 0 amide bonds. The zero-order valence-electron chi connectivity index (χ0n) is 39.5. The van der Waals surface area contributed by atoms with E-state index in [4.69, 9.17) is 0 Å². The topological polar surface area (TPSA) is 61.9 Å². The van der Waals surface area contributed by atoms with Gasteiger partial charge >= 0.3 is 0 Å². The number of thiazole rings is 1. The van der Waals surface area contributed by atoms with Gasteiger partial charge < -0.3 is 16.0 Å². The molecule has 3 aromatic carbocycles. The number of thiophene rings is 1. The summed E-state index contributed by atoms with van der Waals surface area (Å²) in [6, 6.07) is 41.7. The van der Waals surface area contributed by atoms with Crippen LogP contribution in [-0.2, 0) is 19.6 Å². The van der Waals surface area contributed by atoms with Gasteiger partial charge in [-0.15, -0.1) is 22.7 Å². The normalized spacial score (nSPS) is 10.3. The quantitative estimate of drug-likeness (QED) is 0.114. The van der Waals surface area contributed by atoms with Crippen molar-refractivity contribution in [3.8, 4) is 0 Å². The third kappa shape index (κ3) is 30.7. The van der Waals surface area contributed by atoms with E-state index in [1.807, 2.05) is 36.7 Å². The van der Waals surface area contributed by atoms with Gasteiger partial charge in [-0.2, -0.15) is 0 Å². The van der Waals surface area contributed by atoms with Crippen LogP contribution in [0.4, 0.5) is 0 Å². The van der Waals surface area contributed by atoms with Crippen molar-refractivity contribution in [2.45, 2.75) is 160 Å². The molecule has 0 atom stereocenters. The van der Waals surface area contributed by atoms with E-state index >= 15 is 0 Å². The lowest BCUT2D eigenvalue weighted by Crippen LogP contribution is -2.21. The van der Waals surface area contributed by atoms with Gasteiger partial charge in [-0.3, -0.25) is 4.98 Å². The molecule has 0 aliphatic rings. The Morgan fingerprint density at radius 2 is 1.00 bits per heavy atom. The Bertz CT molecular complexity index is 1770. The lowest BCUT2D eigenvalue weighted by Gasteiger charge is -2.06. The summed E-state index contributed by atoms with van der Waals surface area (Å²) in [5, 5.41) is 15.3. The average molecular weight is 866 g/mol. The Morgan fingerprint density at radius 3 is 1.43 bits per heavy atom. The smallest absolute Gasteiger partial charge is 0.106 e. The molecule has 5 nitrogen and oxygen atoms in total. The van der Waals surface area contributed by atoms with E-state index in [9.17, 15) is 0 Å². The SMILES string of the molecule is C.CC(C)NCc1ccccc1.CC(C)NCc1cccs1.CC(C)NCc1nccs1.CC(C)c1ccccc1.Cc1ccc(C(C)C)cc1.Cc1cccc(C(C)C)n1. The molecule has 6 rings (SSSR count). The van der Waals surface area contributed by atoms with Crippen molar-refractivity contribution < 1.29 is 0 Å². The first-order valence-corrected chi connectivity index (χ1v) is 23.5. The van der Waals surface area contributed by atoms with Gasteiger partial charge in [0.1, 0.15) is 5.01 Å². The number of nitrogens with one attached hydrogen (secondary N) is 3. The van der Waals surface area contributed by atoms with E-state index in [0.717, 1.165) is 30.3 Å². The minimum absolute atomic E-state index is 0. The van der Waals surface area contributed by atoms with Gasteiger partial charge in [-0.1, -0.05) is 193 Å². The Kier molecular flexibility index (Phi) is 32.3. The summed E-state index contributed by atoms with van der Waals surface area (Å²) in [7, 11) is 0. The van der Waals surface area contributed by atoms with Crippen LogP contribution in [0.5, 0.6) is 0 Å². The first-order valence-electron chi connectivity index (χ1n) is 21.8.